The quantitative estimate of drug-likeness (QED) is 0.859. The van der Waals surface area contributed by atoms with Crippen molar-refractivity contribution < 1.29 is 0 Å². The van der Waals surface area contributed by atoms with E-state index < -0.39 is 0 Å². The zero-order chi connectivity index (χ0) is 11.5. The third-order valence-corrected chi connectivity index (χ3v) is 2.73. The molecule has 2 rings (SSSR count). The zero-order valence-electron chi connectivity index (χ0n) is 9.13. The summed E-state index contributed by atoms with van der Waals surface area (Å²) in [5, 5.41) is 0.516. The van der Waals surface area contributed by atoms with Crippen LogP contribution in [-0.4, -0.2) is 16.5 Å². The number of nitrogens with two attached hydrogens (primary N) is 1. The smallest absolute Gasteiger partial charge is 0.150 e. The van der Waals surface area contributed by atoms with E-state index in [1.165, 1.54) is 5.56 Å². The van der Waals surface area contributed by atoms with Gasteiger partial charge in [0.2, 0.25) is 0 Å². The summed E-state index contributed by atoms with van der Waals surface area (Å²) in [6.07, 6.45) is 0.720. The maximum absolute atomic E-state index is 6.02. The van der Waals surface area contributed by atoms with Gasteiger partial charge in [0, 0.05) is 12.0 Å². The highest BCUT2D eigenvalue weighted by molar-refractivity contribution is 6.30. The number of nitrogens with one attached hydrogen (secondary N) is 1. The largest absolute Gasteiger partial charge is 0.341 e. The Morgan fingerprint density at radius 2 is 2.25 bits per heavy atom. The van der Waals surface area contributed by atoms with Crippen molar-refractivity contribution in [3.05, 3.63) is 40.7 Å². The molecule has 1 aromatic heterocycles. The maximum atomic E-state index is 6.02. The Morgan fingerprint density at radius 3 is 2.94 bits per heavy atom. The first-order valence-corrected chi connectivity index (χ1v) is 5.60. The standard InChI is InChI=1S/C12H14ClN3/c1-8-3-2-4-9(7-8)12-15-10(5-6-14)11(13)16-12/h2-4,7H,5-6,14H2,1H3,(H,15,16). The lowest BCUT2D eigenvalue weighted by Crippen LogP contribution is -2.03. The molecule has 0 aliphatic rings. The van der Waals surface area contributed by atoms with E-state index in [1.54, 1.807) is 0 Å². The third kappa shape index (κ3) is 2.26. The van der Waals surface area contributed by atoms with E-state index in [2.05, 4.69) is 29.0 Å². The third-order valence-electron chi connectivity index (χ3n) is 2.41. The zero-order valence-corrected chi connectivity index (χ0v) is 9.88. The Morgan fingerprint density at radius 1 is 1.44 bits per heavy atom. The summed E-state index contributed by atoms with van der Waals surface area (Å²) in [4.78, 5) is 7.50. The predicted octanol–water partition coefficient (Wildman–Crippen LogP) is 2.54. The van der Waals surface area contributed by atoms with Gasteiger partial charge in [-0.1, -0.05) is 35.4 Å². The molecule has 0 aliphatic heterocycles. The fourth-order valence-corrected chi connectivity index (χ4v) is 1.85. The topological polar surface area (TPSA) is 54.7 Å². The van der Waals surface area contributed by atoms with Crippen LogP contribution < -0.4 is 5.73 Å². The van der Waals surface area contributed by atoms with Crippen LogP contribution in [0.15, 0.2) is 24.3 Å². The molecule has 1 heterocycles. The van der Waals surface area contributed by atoms with Crippen molar-refractivity contribution in [1.82, 2.24) is 9.97 Å². The molecular weight excluding hydrogens is 222 g/mol. The van der Waals surface area contributed by atoms with Crippen molar-refractivity contribution >= 4 is 11.6 Å². The highest BCUT2D eigenvalue weighted by atomic mass is 35.5. The second kappa shape index (κ2) is 4.68. The number of aryl methyl sites for hydroxylation is 1. The van der Waals surface area contributed by atoms with Crippen LogP contribution in [-0.2, 0) is 6.42 Å². The Labute approximate surface area is 99.7 Å². The van der Waals surface area contributed by atoms with Gasteiger partial charge in [-0.15, -0.1) is 0 Å². The number of imidazole rings is 1. The van der Waals surface area contributed by atoms with Gasteiger partial charge in [-0.3, -0.25) is 0 Å². The average Bonchev–Trinajstić information content (AvgIpc) is 2.61. The summed E-state index contributed by atoms with van der Waals surface area (Å²) in [5.41, 5.74) is 8.64. The van der Waals surface area contributed by atoms with Gasteiger partial charge in [0.25, 0.3) is 0 Å². The Kier molecular flexibility index (Phi) is 3.27. The number of aromatic amines is 1. The first-order chi connectivity index (χ1) is 7.70. The SMILES string of the molecule is Cc1cccc(-c2nc(Cl)c(CCN)[nH]2)c1. The number of hydrogen-bond donors (Lipinski definition) is 2. The molecule has 4 heteroatoms. The lowest BCUT2D eigenvalue weighted by molar-refractivity contribution is 0.936. The summed E-state index contributed by atoms with van der Waals surface area (Å²) in [5.74, 6) is 0.803. The molecule has 1 aromatic carbocycles. The van der Waals surface area contributed by atoms with Crippen LogP contribution in [0.25, 0.3) is 11.4 Å². The van der Waals surface area contributed by atoms with Gasteiger partial charge >= 0.3 is 0 Å². The van der Waals surface area contributed by atoms with Gasteiger partial charge in [-0.05, 0) is 19.5 Å². The molecular formula is C12H14ClN3. The molecule has 0 bridgehead atoms. The minimum atomic E-state index is 0.516. The van der Waals surface area contributed by atoms with E-state index in [-0.39, 0.29) is 0 Å². The van der Waals surface area contributed by atoms with Crippen LogP contribution in [0.3, 0.4) is 0 Å². The first-order valence-electron chi connectivity index (χ1n) is 5.22. The predicted molar refractivity (Wildman–Crippen MR) is 66.5 cm³/mol. The van der Waals surface area contributed by atoms with Gasteiger partial charge in [0.15, 0.2) is 5.15 Å². The van der Waals surface area contributed by atoms with Crippen LogP contribution in [0, 0.1) is 6.92 Å². The fraction of sp³-hybridized carbons (Fsp3) is 0.250. The summed E-state index contributed by atoms with van der Waals surface area (Å²) < 4.78 is 0. The van der Waals surface area contributed by atoms with E-state index in [4.69, 9.17) is 17.3 Å². The lowest BCUT2D eigenvalue weighted by Gasteiger charge is -1.98. The summed E-state index contributed by atoms with van der Waals surface area (Å²) in [7, 11) is 0. The molecule has 0 fully saturated rings. The number of H-pyrrole nitrogens is 1. The number of aromatic nitrogens is 2. The number of nitrogens with zero attached hydrogens (tertiary/aromatic N) is 1. The molecule has 0 unspecified atom stereocenters. The molecule has 3 N–H and O–H groups in total. The van der Waals surface area contributed by atoms with Crippen LogP contribution in [0.4, 0.5) is 0 Å². The highest BCUT2D eigenvalue weighted by Gasteiger charge is 2.08. The van der Waals surface area contributed by atoms with Crippen LogP contribution in [0.2, 0.25) is 5.15 Å². The molecule has 0 radical (unpaired) electrons. The van der Waals surface area contributed by atoms with Gasteiger partial charge in [0.05, 0.1) is 5.69 Å². The summed E-state index contributed by atoms with van der Waals surface area (Å²) in [6, 6.07) is 8.13. The first kappa shape index (κ1) is 11.2. The average molecular weight is 236 g/mol. The normalized spacial score (nSPS) is 10.7. The van der Waals surface area contributed by atoms with Gasteiger partial charge in [-0.2, -0.15) is 0 Å². The molecule has 84 valence electrons. The van der Waals surface area contributed by atoms with E-state index in [0.717, 1.165) is 23.5 Å². The summed E-state index contributed by atoms with van der Waals surface area (Å²) >= 11 is 6.02. The second-order valence-corrected chi connectivity index (χ2v) is 4.12. The Balaban J connectivity index is 2.37. The Hall–Kier alpha value is -1.32. The molecule has 0 spiro atoms. The molecule has 2 aromatic rings. The van der Waals surface area contributed by atoms with E-state index in [1.807, 2.05) is 12.1 Å². The fourth-order valence-electron chi connectivity index (χ4n) is 1.63. The summed E-state index contributed by atoms with van der Waals surface area (Å²) in [6.45, 7) is 2.62. The van der Waals surface area contributed by atoms with Gasteiger partial charge < -0.3 is 10.7 Å². The molecule has 0 aliphatic carbocycles. The molecule has 0 amide bonds. The number of rotatable bonds is 3. The molecule has 3 nitrogen and oxygen atoms in total. The van der Waals surface area contributed by atoms with Gasteiger partial charge in [0.1, 0.15) is 5.82 Å². The number of halogens is 1. The minimum Gasteiger partial charge on any atom is -0.341 e. The maximum Gasteiger partial charge on any atom is 0.150 e. The van der Waals surface area contributed by atoms with Crippen molar-refractivity contribution in [2.75, 3.05) is 6.54 Å². The van der Waals surface area contributed by atoms with E-state index in [9.17, 15) is 0 Å². The van der Waals surface area contributed by atoms with Crippen molar-refractivity contribution in [2.24, 2.45) is 5.73 Å². The van der Waals surface area contributed by atoms with Crippen molar-refractivity contribution in [3.8, 4) is 11.4 Å². The number of benzene rings is 1. The molecule has 0 atom stereocenters. The monoisotopic (exact) mass is 235 g/mol. The van der Waals surface area contributed by atoms with Crippen molar-refractivity contribution in [2.45, 2.75) is 13.3 Å². The van der Waals surface area contributed by atoms with Crippen molar-refractivity contribution in [3.63, 3.8) is 0 Å². The Bertz CT molecular complexity index is 491. The van der Waals surface area contributed by atoms with Crippen LogP contribution in [0.1, 0.15) is 11.3 Å². The second-order valence-electron chi connectivity index (χ2n) is 3.76. The lowest BCUT2D eigenvalue weighted by atomic mass is 10.1. The number of hydrogen-bond acceptors (Lipinski definition) is 2. The van der Waals surface area contributed by atoms with Crippen LogP contribution >= 0.6 is 11.6 Å². The highest BCUT2D eigenvalue weighted by Crippen LogP contribution is 2.22. The van der Waals surface area contributed by atoms with E-state index >= 15 is 0 Å². The van der Waals surface area contributed by atoms with Crippen molar-refractivity contribution in [1.29, 1.82) is 0 Å². The van der Waals surface area contributed by atoms with Gasteiger partial charge in [-0.25, -0.2) is 4.98 Å². The minimum absolute atomic E-state index is 0.516. The van der Waals surface area contributed by atoms with E-state index in [0.29, 0.717) is 11.7 Å². The van der Waals surface area contributed by atoms with Crippen LogP contribution in [0.5, 0.6) is 0 Å². The molecule has 0 saturated heterocycles. The molecule has 0 saturated carbocycles. The molecule has 16 heavy (non-hydrogen) atoms.